The first kappa shape index (κ1) is 22.8. The zero-order chi connectivity index (χ0) is 16.4. The third-order valence-corrected chi connectivity index (χ3v) is 1.35. The molecule has 0 fully saturated rings. The number of esters is 2. The van der Waals surface area contributed by atoms with E-state index in [-0.39, 0.29) is 5.97 Å². The molecule has 0 saturated heterocycles. The summed E-state index contributed by atoms with van der Waals surface area (Å²) in [6.07, 6.45) is 4.50. The van der Waals surface area contributed by atoms with E-state index in [0.717, 1.165) is 31.3 Å². The van der Waals surface area contributed by atoms with Gasteiger partial charge in [0.2, 0.25) is 0 Å². The molecular formula is C14H22O6. The maximum atomic E-state index is 10.6. The molecule has 0 rings (SSSR count). The van der Waals surface area contributed by atoms with Gasteiger partial charge in [0.15, 0.2) is 0 Å². The second-order valence-electron chi connectivity index (χ2n) is 2.97. The van der Waals surface area contributed by atoms with Gasteiger partial charge in [-0.1, -0.05) is 19.9 Å². The molecule has 0 aromatic heterocycles. The maximum absolute atomic E-state index is 10.6. The zero-order valence-electron chi connectivity index (χ0n) is 12.0. The van der Waals surface area contributed by atoms with Crippen molar-refractivity contribution in [3.8, 4) is 0 Å². The van der Waals surface area contributed by atoms with Crippen molar-refractivity contribution >= 4 is 17.9 Å². The minimum Gasteiger partial charge on any atom is -0.478 e. The van der Waals surface area contributed by atoms with Crippen LogP contribution in [0.4, 0.5) is 0 Å². The van der Waals surface area contributed by atoms with Gasteiger partial charge in [-0.25, -0.2) is 9.59 Å². The molecule has 0 aromatic rings. The first-order chi connectivity index (χ1) is 9.43. The normalized spacial score (nSPS) is 8.30. The monoisotopic (exact) mass is 286 g/mol. The fraction of sp³-hybridized carbons (Fsp3) is 0.357. The predicted molar refractivity (Wildman–Crippen MR) is 75.9 cm³/mol. The van der Waals surface area contributed by atoms with Gasteiger partial charge in [0.05, 0.1) is 12.9 Å². The van der Waals surface area contributed by atoms with Gasteiger partial charge in [0.25, 0.3) is 0 Å². The molecule has 0 aliphatic rings. The molecule has 0 aromatic carbocycles. The van der Waals surface area contributed by atoms with Crippen LogP contribution in [-0.2, 0) is 23.9 Å². The second-order valence-corrected chi connectivity index (χ2v) is 2.97. The van der Waals surface area contributed by atoms with Gasteiger partial charge in [0, 0.05) is 19.1 Å². The molecule has 0 bridgehead atoms. The van der Waals surface area contributed by atoms with Crippen LogP contribution >= 0.6 is 0 Å². The molecule has 0 aliphatic carbocycles. The number of carbonyl (C=O) groups is 3. The summed E-state index contributed by atoms with van der Waals surface area (Å²) in [5.74, 6) is -2.08. The van der Waals surface area contributed by atoms with Crippen molar-refractivity contribution in [1.82, 2.24) is 0 Å². The van der Waals surface area contributed by atoms with Crippen LogP contribution in [0, 0.1) is 0 Å². The van der Waals surface area contributed by atoms with Crippen molar-refractivity contribution in [3.63, 3.8) is 0 Å². The summed E-state index contributed by atoms with van der Waals surface area (Å²) in [5.41, 5.74) is 0. The summed E-state index contributed by atoms with van der Waals surface area (Å²) in [4.78, 5) is 30.3. The van der Waals surface area contributed by atoms with E-state index in [9.17, 15) is 14.4 Å². The van der Waals surface area contributed by atoms with Gasteiger partial charge >= 0.3 is 17.9 Å². The quantitative estimate of drug-likeness (QED) is 0.265. The number of ether oxygens (including phenoxy) is 2. The smallest absolute Gasteiger partial charge is 0.331 e. The molecule has 114 valence electrons. The Morgan fingerprint density at radius 3 is 2.05 bits per heavy atom. The highest BCUT2D eigenvalue weighted by atomic mass is 16.5. The van der Waals surface area contributed by atoms with E-state index in [1.54, 1.807) is 0 Å². The number of hydrogen-bond acceptors (Lipinski definition) is 5. The van der Waals surface area contributed by atoms with Crippen molar-refractivity contribution in [2.75, 3.05) is 6.61 Å². The molecule has 20 heavy (non-hydrogen) atoms. The lowest BCUT2D eigenvalue weighted by Crippen LogP contribution is -2.02. The van der Waals surface area contributed by atoms with Crippen molar-refractivity contribution < 1.29 is 29.0 Å². The van der Waals surface area contributed by atoms with Crippen LogP contribution in [0.15, 0.2) is 38.2 Å². The highest BCUT2D eigenvalue weighted by molar-refractivity contribution is 5.90. The van der Waals surface area contributed by atoms with Gasteiger partial charge in [-0.3, -0.25) is 4.79 Å². The first-order valence-corrected chi connectivity index (χ1v) is 5.79. The Balaban J connectivity index is -0.000000304. The van der Waals surface area contributed by atoms with Crippen LogP contribution in [0.1, 0.15) is 26.7 Å². The molecule has 0 spiro atoms. The Labute approximate surface area is 119 Å². The second kappa shape index (κ2) is 19.0. The SMILES string of the molecule is C=C.C=COC(C)=O.CCCCOC(=O)C=CC(=O)O. The minimum absolute atomic E-state index is 0.329. The van der Waals surface area contributed by atoms with E-state index in [1.807, 2.05) is 6.92 Å². The van der Waals surface area contributed by atoms with Gasteiger partial charge < -0.3 is 14.6 Å². The number of unbranched alkanes of at least 4 members (excludes halogenated alkanes) is 1. The standard InChI is InChI=1S/C8H12O4.C4H6O2.C2H4/c1-2-3-6-12-8(11)5-4-7(9)10;1-3-6-4(2)5;1-2/h4-5H,2-3,6H2,1H3,(H,9,10);3H,1H2,2H3;1-2H2. The Bertz CT molecular complexity index is 320. The van der Waals surface area contributed by atoms with Gasteiger partial charge in [-0.2, -0.15) is 0 Å². The highest BCUT2D eigenvalue weighted by Gasteiger charge is 1.96. The molecule has 0 radical (unpaired) electrons. The average molecular weight is 286 g/mol. The minimum atomic E-state index is -1.15. The summed E-state index contributed by atoms with van der Waals surface area (Å²) in [6.45, 7) is 12.8. The Kier molecular flexibility index (Phi) is 21.6. The van der Waals surface area contributed by atoms with Crippen LogP contribution in [0.25, 0.3) is 0 Å². The topological polar surface area (TPSA) is 89.9 Å². The number of carboxylic acid groups (broad SMARTS) is 1. The van der Waals surface area contributed by atoms with E-state index in [2.05, 4.69) is 29.2 Å². The molecular weight excluding hydrogens is 264 g/mol. The highest BCUT2D eigenvalue weighted by Crippen LogP contribution is 1.89. The van der Waals surface area contributed by atoms with E-state index in [4.69, 9.17) is 5.11 Å². The molecule has 6 heteroatoms. The molecule has 6 nitrogen and oxygen atoms in total. The summed E-state index contributed by atoms with van der Waals surface area (Å²) >= 11 is 0. The molecule has 1 N–H and O–H groups in total. The van der Waals surface area contributed by atoms with E-state index >= 15 is 0 Å². The Morgan fingerprint density at radius 2 is 1.75 bits per heavy atom. The molecule has 0 atom stereocenters. The van der Waals surface area contributed by atoms with Crippen LogP contribution in [0.5, 0.6) is 0 Å². The predicted octanol–water partition coefficient (Wildman–Crippen LogP) is 2.47. The van der Waals surface area contributed by atoms with Gasteiger partial charge in [-0.15, -0.1) is 13.2 Å². The molecule has 0 saturated carbocycles. The lowest BCUT2D eigenvalue weighted by Gasteiger charge is -1.97. The number of carbonyl (C=O) groups excluding carboxylic acids is 2. The summed E-state index contributed by atoms with van der Waals surface area (Å²) < 4.78 is 8.81. The summed E-state index contributed by atoms with van der Waals surface area (Å²) in [6, 6.07) is 0. The van der Waals surface area contributed by atoms with Crippen LogP contribution in [-0.4, -0.2) is 29.6 Å². The van der Waals surface area contributed by atoms with E-state index < -0.39 is 11.9 Å². The molecule has 0 heterocycles. The third-order valence-electron chi connectivity index (χ3n) is 1.35. The fourth-order valence-electron chi connectivity index (χ4n) is 0.622. The zero-order valence-corrected chi connectivity index (χ0v) is 12.0. The van der Waals surface area contributed by atoms with Crippen LogP contribution < -0.4 is 0 Å². The van der Waals surface area contributed by atoms with Crippen molar-refractivity contribution in [2.24, 2.45) is 0 Å². The molecule has 0 unspecified atom stereocenters. The number of carboxylic acids is 1. The number of rotatable bonds is 6. The molecule has 0 amide bonds. The Hall–Kier alpha value is -2.37. The first-order valence-electron chi connectivity index (χ1n) is 5.79. The van der Waals surface area contributed by atoms with Crippen molar-refractivity contribution in [2.45, 2.75) is 26.7 Å². The van der Waals surface area contributed by atoms with Crippen LogP contribution in [0.2, 0.25) is 0 Å². The third kappa shape index (κ3) is 29.6. The van der Waals surface area contributed by atoms with E-state index in [0.29, 0.717) is 6.61 Å². The lowest BCUT2D eigenvalue weighted by atomic mass is 10.4. The largest absolute Gasteiger partial charge is 0.478 e. The van der Waals surface area contributed by atoms with E-state index in [1.165, 1.54) is 6.92 Å². The van der Waals surface area contributed by atoms with Gasteiger partial charge in [0.1, 0.15) is 0 Å². The lowest BCUT2D eigenvalue weighted by molar-refractivity contribution is -0.138. The average Bonchev–Trinajstić information content (AvgIpc) is 2.39. The fourth-order valence-corrected chi connectivity index (χ4v) is 0.622. The number of aliphatic carboxylic acids is 1. The molecule has 0 aliphatic heterocycles. The summed E-state index contributed by atoms with van der Waals surface area (Å²) in [7, 11) is 0. The van der Waals surface area contributed by atoms with Crippen molar-refractivity contribution in [1.29, 1.82) is 0 Å². The number of hydrogen-bond donors (Lipinski definition) is 1. The Morgan fingerprint density at radius 1 is 1.20 bits per heavy atom. The maximum Gasteiger partial charge on any atom is 0.331 e. The van der Waals surface area contributed by atoms with Crippen molar-refractivity contribution in [3.05, 3.63) is 38.2 Å². The summed E-state index contributed by atoms with van der Waals surface area (Å²) in [5, 5.41) is 8.14. The van der Waals surface area contributed by atoms with Crippen LogP contribution in [0.3, 0.4) is 0 Å². The van der Waals surface area contributed by atoms with Gasteiger partial charge in [-0.05, 0) is 6.42 Å².